The second-order valence-corrected chi connectivity index (χ2v) is 5.84. The highest BCUT2D eigenvalue weighted by Gasteiger charge is 2.39. The van der Waals surface area contributed by atoms with Crippen LogP contribution in [0.15, 0.2) is 47.0 Å². The summed E-state index contributed by atoms with van der Waals surface area (Å²) in [7, 11) is 0. The average Bonchev–Trinajstić information content (AvgIpc) is 3.10. The van der Waals surface area contributed by atoms with Gasteiger partial charge in [0.25, 0.3) is 0 Å². The quantitative estimate of drug-likeness (QED) is 0.677. The van der Waals surface area contributed by atoms with Crippen LogP contribution in [-0.4, -0.2) is 10.9 Å². The van der Waals surface area contributed by atoms with Crippen molar-refractivity contribution in [2.75, 3.05) is 0 Å². The van der Waals surface area contributed by atoms with Gasteiger partial charge in [-0.25, -0.2) is 9.37 Å². The molecule has 27 heavy (non-hydrogen) atoms. The Kier molecular flexibility index (Phi) is 3.69. The number of ether oxygens (including phenoxy) is 1. The van der Waals surface area contributed by atoms with E-state index in [1.54, 1.807) is 18.2 Å². The zero-order chi connectivity index (χ0) is 19.3. The molecule has 0 radical (unpaired) electrons. The van der Waals surface area contributed by atoms with Gasteiger partial charge in [-0.05, 0) is 18.2 Å². The minimum Gasteiger partial charge on any atom is -0.454 e. The van der Waals surface area contributed by atoms with Crippen LogP contribution in [0.3, 0.4) is 0 Å². The Morgan fingerprint density at radius 2 is 1.89 bits per heavy atom. The number of primary amides is 1. The molecule has 2 N–H and O–H groups in total. The molecule has 2 heterocycles. The van der Waals surface area contributed by atoms with Crippen molar-refractivity contribution in [3.05, 3.63) is 65.3 Å². The Morgan fingerprint density at radius 3 is 2.56 bits per heavy atom. The van der Waals surface area contributed by atoms with Crippen molar-refractivity contribution in [2.45, 2.75) is 12.1 Å². The maximum absolute atomic E-state index is 14.4. The summed E-state index contributed by atoms with van der Waals surface area (Å²) < 4.78 is 63.2. The van der Waals surface area contributed by atoms with Crippen LogP contribution in [0.25, 0.3) is 11.5 Å². The molecular formula is C18H10F4N2O3. The third kappa shape index (κ3) is 2.71. The average molecular weight is 378 g/mol. The molecule has 0 saturated heterocycles. The van der Waals surface area contributed by atoms with E-state index in [4.69, 9.17) is 14.9 Å². The lowest BCUT2D eigenvalue weighted by Crippen LogP contribution is -2.26. The number of rotatable bonds is 2. The van der Waals surface area contributed by atoms with Crippen molar-refractivity contribution in [1.82, 2.24) is 4.98 Å². The molecule has 9 heteroatoms. The van der Waals surface area contributed by atoms with Crippen LogP contribution in [0.2, 0.25) is 0 Å². The van der Waals surface area contributed by atoms with Gasteiger partial charge >= 0.3 is 6.18 Å². The Balaban J connectivity index is 1.96. The molecule has 0 fully saturated rings. The van der Waals surface area contributed by atoms with Gasteiger partial charge in [-0.1, -0.05) is 18.2 Å². The lowest BCUT2D eigenvalue weighted by molar-refractivity contribution is -0.152. The van der Waals surface area contributed by atoms with E-state index >= 15 is 0 Å². The highest BCUT2D eigenvalue weighted by Crippen LogP contribution is 2.49. The second kappa shape index (κ2) is 5.83. The number of nitrogens with zero attached hydrogens (tertiary/aromatic N) is 1. The minimum atomic E-state index is -4.74. The fourth-order valence-electron chi connectivity index (χ4n) is 3.05. The predicted molar refractivity (Wildman–Crippen MR) is 84.5 cm³/mol. The molecule has 0 spiro atoms. The van der Waals surface area contributed by atoms with Crippen LogP contribution in [-0.2, 0) is 11.0 Å². The standard InChI is InChI=1S/C18H10F4N2O3/c19-10-6-5-9(17-24-7-12(27-17)18(20,21)22)13-14(16(23)25)8-3-1-2-4-11(8)26-15(10)13/h1-7,14H,(H2,23,25). The molecule has 1 atom stereocenters. The fourth-order valence-corrected chi connectivity index (χ4v) is 3.05. The van der Waals surface area contributed by atoms with Gasteiger partial charge in [-0.2, -0.15) is 13.2 Å². The monoisotopic (exact) mass is 378 g/mol. The van der Waals surface area contributed by atoms with Gasteiger partial charge in [0, 0.05) is 16.7 Å². The predicted octanol–water partition coefficient (Wildman–Crippen LogP) is 4.22. The number of alkyl halides is 3. The summed E-state index contributed by atoms with van der Waals surface area (Å²) in [4.78, 5) is 15.8. The molecule has 1 unspecified atom stereocenters. The van der Waals surface area contributed by atoms with Gasteiger partial charge in [0.1, 0.15) is 5.75 Å². The van der Waals surface area contributed by atoms with Crippen LogP contribution < -0.4 is 10.5 Å². The number of amides is 1. The molecule has 0 saturated carbocycles. The van der Waals surface area contributed by atoms with Gasteiger partial charge in [0.2, 0.25) is 17.6 Å². The number of carbonyl (C=O) groups excluding carboxylic acids is 1. The van der Waals surface area contributed by atoms with Crippen molar-refractivity contribution in [1.29, 1.82) is 0 Å². The molecule has 1 aromatic heterocycles. The first-order valence-corrected chi connectivity index (χ1v) is 7.69. The first-order valence-electron chi connectivity index (χ1n) is 7.69. The molecule has 1 amide bonds. The third-order valence-electron chi connectivity index (χ3n) is 4.18. The maximum atomic E-state index is 14.4. The molecule has 2 aromatic carbocycles. The topological polar surface area (TPSA) is 78.4 Å². The lowest BCUT2D eigenvalue weighted by atomic mass is 9.84. The normalized spacial score (nSPS) is 15.6. The second-order valence-electron chi connectivity index (χ2n) is 5.84. The van der Waals surface area contributed by atoms with Crippen LogP contribution >= 0.6 is 0 Å². The van der Waals surface area contributed by atoms with Crippen LogP contribution in [0.5, 0.6) is 11.5 Å². The number of carbonyl (C=O) groups is 1. The Bertz CT molecular complexity index is 1060. The Labute approximate surface area is 149 Å². The van der Waals surface area contributed by atoms with Crippen molar-refractivity contribution in [3.8, 4) is 23.0 Å². The fraction of sp³-hybridized carbons (Fsp3) is 0.111. The number of halogens is 4. The Hall–Kier alpha value is -3.36. The van der Waals surface area contributed by atoms with E-state index in [0.29, 0.717) is 11.8 Å². The summed E-state index contributed by atoms with van der Waals surface area (Å²) in [6, 6.07) is 8.54. The first-order chi connectivity index (χ1) is 12.8. The molecule has 0 bridgehead atoms. The smallest absolute Gasteiger partial charge is 0.451 e. The number of benzene rings is 2. The molecule has 3 aromatic rings. The summed E-state index contributed by atoms with van der Waals surface area (Å²) in [5, 5.41) is 0. The van der Waals surface area contributed by atoms with Crippen LogP contribution in [0.4, 0.5) is 17.6 Å². The summed E-state index contributed by atoms with van der Waals surface area (Å²) in [5.74, 6) is -4.57. The molecule has 138 valence electrons. The number of para-hydroxylation sites is 1. The number of oxazole rings is 1. The summed E-state index contributed by atoms with van der Waals surface area (Å²) >= 11 is 0. The van der Waals surface area contributed by atoms with Gasteiger partial charge in [-0.3, -0.25) is 4.79 Å². The van der Waals surface area contributed by atoms with E-state index in [-0.39, 0.29) is 22.6 Å². The van der Waals surface area contributed by atoms with Gasteiger partial charge in [0.15, 0.2) is 11.6 Å². The van der Waals surface area contributed by atoms with E-state index < -0.39 is 35.5 Å². The largest absolute Gasteiger partial charge is 0.454 e. The number of fused-ring (bicyclic) bond motifs is 2. The SMILES string of the molecule is NC(=O)C1c2ccccc2Oc2c(F)ccc(-c3ncc(C(F)(F)F)o3)c21. The lowest BCUT2D eigenvalue weighted by Gasteiger charge is -2.27. The van der Waals surface area contributed by atoms with E-state index in [9.17, 15) is 22.4 Å². The summed E-state index contributed by atoms with van der Waals surface area (Å²) in [6.07, 6.45) is -4.22. The molecule has 1 aliphatic heterocycles. The van der Waals surface area contributed by atoms with E-state index in [0.717, 1.165) is 6.07 Å². The Morgan fingerprint density at radius 1 is 1.15 bits per heavy atom. The van der Waals surface area contributed by atoms with E-state index in [2.05, 4.69) is 4.98 Å². The van der Waals surface area contributed by atoms with Crippen molar-refractivity contribution in [2.24, 2.45) is 5.73 Å². The van der Waals surface area contributed by atoms with E-state index in [1.165, 1.54) is 12.1 Å². The van der Waals surface area contributed by atoms with Crippen LogP contribution in [0, 0.1) is 5.82 Å². The molecule has 0 aliphatic carbocycles. The van der Waals surface area contributed by atoms with Crippen LogP contribution in [0.1, 0.15) is 22.8 Å². The van der Waals surface area contributed by atoms with Crippen molar-refractivity contribution < 1.29 is 31.5 Å². The molecule has 4 rings (SSSR count). The first kappa shape index (κ1) is 17.1. The minimum absolute atomic E-state index is 0.0137. The maximum Gasteiger partial charge on any atom is 0.451 e. The number of hydrogen-bond acceptors (Lipinski definition) is 4. The highest BCUT2D eigenvalue weighted by atomic mass is 19.4. The molecule has 5 nitrogen and oxygen atoms in total. The zero-order valence-corrected chi connectivity index (χ0v) is 13.4. The number of hydrogen-bond donors (Lipinski definition) is 1. The third-order valence-corrected chi connectivity index (χ3v) is 4.18. The van der Waals surface area contributed by atoms with Gasteiger partial charge in [-0.15, -0.1) is 0 Å². The summed E-state index contributed by atoms with van der Waals surface area (Å²) in [5.41, 5.74) is 5.84. The van der Waals surface area contributed by atoms with E-state index in [1.807, 2.05) is 0 Å². The van der Waals surface area contributed by atoms with Gasteiger partial charge < -0.3 is 14.9 Å². The molecule has 1 aliphatic rings. The number of aromatic nitrogens is 1. The van der Waals surface area contributed by atoms with Crippen molar-refractivity contribution >= 4 is 5.91 Å². The van der Waals surface area contributed by atoms with Crippen molar-refractivity contribution in [3.63, 3.8) is 0 Å². The summed E-state index contributed by atoms with van der Waals surface area (Å²) in [6.45, 7) is 0. The highest BCUT2D eigenvalue weighted by molar-refractivity contribution is 5.91. The number of nitrogens with two attached hydrogens (primary N) is 1. The molecular weight excluding hydrogens is 368 g/mol. The zero-order valence-electron chi connectivity index (χ0n) is 13.4. The van der Waals surface area contributed by atoms with Gasteiger partial charge in [0.05, 0.1) is 12.1 Å².